The van der Waals surface area contributed by atoms with Crippen LogP contribution in [0.25, 0.3) is 5.69 Å². The molecule has 168 valence electrons. The van der Waals surface area contributed by atoms with Crippen molar-refractivity contribution in [3.05, 3.63) is 66.5 Å². The molecule has 1 aromatic heterocycles. The zero-order valence-corrected chi connectivity index (χ0v) is 18.8. The van der Waals surface area contributed by atoms with Crippen molar-refractivity contribution in [3.63, 3.8) is 0 Å². The molecule has 2 heterocycles. The number of benzene rings is 2. The Balaban J connectivity index is 1.34. The number of anilines is 1. The highest BCUT2D eigenvalue weighted by Gasteiger charge is 2.24. The van der Waals surface area contributed by atoms with Crippen LogP contribution in [0.15, 0.2) is 65.9 Å². The lowest BCUT2D eigenvalue weighted by atomic mass is 10.2. The minimum atomic E-state index is 0.300. The molecule has 0 amide bonds. The highest BCUT2D eigenvalue weighted by Crippen LogP contribution is 2.30. The molecule has 3 aromatic rings. The van der Waals surface area contributed by atoms with Gasteiger partial charge >= 0.3 is 0 Å². The van der Waals surface area contributed by atoms with Gasteiger partial charge in [0, 0.05) is 69.0 Å². The summed E-state index contributed by atoms with van der Waals surface area (Å²) in [4.78, 5) is 6.75. The van der Waals surface area contributed by atoms with E-state index in [0.29, 0.717) is 12.6 Å². The van der Waals surface area contributed by atoms with E-state index in [2.05, 4.69) is 37.8 Å². The fourth-order valence-corrected chi connectivity index (χ4v) is 3.89. The second-order valence-electron chi connectivity index (χ2n) is 7.69. The van der Waals surface area contributed by atoms with E-state index in [1.165, 1.54) is 0 Å². The largest absolute Gasteiger partial charge is 0.497 e. The van der Waals surface area contributed by atoms with Gasteiger partial charge in [-0.05, 0) is 30.2 Å². The number of hydrogen-bond donors (Lipinski definition) is 2. The number of nitrogens with one attached hydrogen (secondary N) is 2. The molecule has 1 unspecified atom stereocenters. The summed E-state index contributed by atoms with van der Waals surface area (Å²) in [5, 5.41) is 11.3. The predicted octanol–water partition coefficient (Wildman–Crippen LogP) is 2.83. The Bertz CT molecular complexity index is 1030. The van der Waals surface area contributed by atoms with E-state index in [-0.39, 0.29) is 0 Å². The number of hydrogen-bond acceptors (Lipinski definition) is 5. The smallest absolute Gasteiger partial charge is 0.191 e. The van der Waals surface area contributed by atoms with Crippen LogP contribution in [0.3, 0.4) is 0 Å². The van der Waals surface area contributed by atoms with E-state index in [0.717, 1.165) is 53.9 Å². The molecule has 2 aromatic carbocycles. The Morgan fingerprint density at radius 2 is 1.91 bits per heavy atom. The van der Waals surface area contributed by atoms with Crippen molar-refractivity contribution >= 4 is 11.6 Å². The molecule has 32 heavy (non-hydrogen) atoms. The van der Waals surface area contributed by atoms with E-state index >= 15 is 0 Å². The van der Waals surface area contributed by atoms with Gasteiger partial charge in [-0.2, -0.15) is 5.10 Å². The molecule has 1 aliphatic rings. The lowest BCUT2D eigenvalue weighted by molar-refractivity contribution is 0.394. The van der Waals surface area contributed by atoms with Gasteiger partial charge in [0.2, 0.25) is 0 Å². The van der Waals surface area contributed by atoms with Crippen molar-refractivity contribution in [1.29, 1.82) is 0 Å². The fourth-order valence-electron chi connectivity index (χ4n) is 3.89. The third-order valence-corrected chi connectivity index (χ3v) is 5.59. The molecule has 1 saturated heterocycles. The predicted molar refractivity (Wildman–Crippen MR) is 127 cm³/mol. The van der Waals surface area contributed by atoms with Crippen LogP contribution in [0.5, 0.6) is 11.5 Å². The van der Waals surface area contributed by atoms with E-state index in [1.54, 1.807) is 27.5 Å². The van der Waals surface area contributed by atoms with E-state index in [1.807, 2.05) is 47.3 Å². The molecule has 0 radical (unpaired) electrons. The number of aliphatic imine (C=N–C) groups is 1. The Labute approximate surface area is 188 Å². The Kier molecular flexibility index (Phi) is 6.79. The number of rotatable bonds is 7. The van der Waals surface area contributed by atoms with E-state index in [4.69, 9.17) is 9.47 Å². The lowest BCUT2D eigenvalue weighted by Crippen LogP contribution is -2.44. The van der Waals surface area contributed by atoms with E-state index in [9.17, 15) is 0 Å². The van der Waals surface area contributed by atoms with Crippen LogP contribution in [0.1, 0.15) is 12.0 Å². The van der Waals surface area contributed by atoms with Crippen LogP contribution in [0.2, 0.25) is 0 Å². The Morgan fingerprint density at radius 1 is 1.09 bits per heavy atom. The maximum absolute atomic E-state index is 5.41. The van der Waals surface area contributed by atoms with Gasteiger partial charge in [-0.3, -0.25) is 4.99 Å². The summed E-state index contributed by atoms with van der Waals surface area (Å²) in [7, 11) is 5.15. The van der Waals surface area contributed by atoms with Crippen molar-refractivity contribution in [2.75, 3.05) is 39.3 Å². The molecule has 8 nitrogen and oxygen atoms in total. The van der Waals surface area contributed by atoms with Gasteiger partial charge in [0.05, 0.1) is 19.9 Å². The van der Waals surface area contributed by atoms with Gasteiger partial charge < -0.3 is 25.0 Å². The standard InChI is InChI=1S/C24H30N6O2/c1-25-24(26-16-18-6-4-7-20(12-18)30-10-5-9-27-30)28-19-8-11-29(17-19)21-13-22(31-2)15-23(14-21)32-3/h4-7,9-10,12-15,19H,8,11,16-17H2,1-3H3,(H2,25,26,28). The number of guanidine groups is 1. The maximum Gasteiger partial charge on any atom is 0.191 e. The Morgan fingerprint density at radius 3 is 2.59 bits per heavy atom. The number of methoxy groups -OCH3 is 2. The highest BCUT2D eigenvalue weighted by molar-refractivity contribution is 5.80. The minimum Gasteiger partial charge on any atom is -0.497 e. The molecule has 0 saturated carbocycles. The van der Waals surface area contributed by atoms with Crippen LogP contribution < -0.4 is 25.0 Å². The van der Waals surface area contributed by atoms with Gasteiger partial charge in [-0.25, -0.2) is 4.68 Å². The first-order chi connectivity index (χ1) is 15.7. The van der Waals surface area contributed by atoms with Crippen molar-refractivity contribution in [2.24, 2.45) is 4.99 Å². The third kappa shape index (κ3) is 5.14. The zero-order chi connectivity index (χ0) is 22.3. The molecule has 0 aliphatic carbocycles. The minimum absolute atomic E-state index is 0.300. The SMILES string of the molecule is CN=C(NCc1cccc(-n2cccn2)c1)NC1CCN(c2cc(OC)cc(OC)c2)C1. The molecule has 0 spiro atoms. The topological polar surface area (TPSA) is 75.9 Å². The summed E-state index contributed by atoms with van der Waals surface area (Å²) in [6.45, 7) is 2.51. The average Bonchev–Trinajstić information content (AvgIpc) is 3.54. The molecule has 1 fully saturated rings. The third-order valence-electron chi connectivity index (χ3n) is 5.59. The first-order valence-electron chi connectivity index (χ1n) is 10.7. The molecule has 0 bridgehead atoms. The zero-order valence-electron chi connectivity index (χ0n) is 18.8. The molecule has 1 aliphatic heterocycles. The molecular formula is C24H30N6O2. The van der Waals surface area contributed by atoms with Crippen molar-refractivity contribution in [1.82, 2.24) is 20.4 Å². The molecule has 1 atom stereocenters. The number of nitrogens with zero attached hydrogens (tertiary/aromatic N) is 4. The Hall–Kier alpha value is -3.68. The second-order valence-corrected chi connectivity index (χ2v) is 7.69. The monoisotopic (exact) mass is 434 g/mol. The normalized spacial score (nSPS) is 16.2. The van der Waals surface area contributed by atoms with Crippen molar-refractivity contribution in [3.8, 4) is 17.2 Å². The molecule has 2 N–H and O–H groups in total. The van der Waals surface area contributed by atoms with Crippen molar-refractivity contribution < 1.29 is 9.47 Å². The molecule has 8 heteroatoms. The first kappa shape index (κ1) is 21.5. The van der Waals surface area contributed by atoms with Crippen LogP contribution in [0, 0.1) is 0 Å². The average molecular weight is 435 g/mol. The number of aromatic nitrogens is 2. The van der Waals surface area contributed by atoms with Gasteiger partial charge in [0.25, 0.3) is 0 Å². The van der Waals surface area contributed by atoms with E-state index < -0.39 is 0 Å². The van der Waals surface area contributed by atoms with Gasteiger partial charge in [0.15, 0.2) is 5.96 Å². The lowest BCUT2D eigenvalue weighted by Gasteiger charge is -2.21. The maximum atomic E-state index is 5.41. The fraction of sp³-hybridized carbons (Fsp3) is 0.333. The molecule has 4 rings (SSSR count). The van der Waals surface area contributed by atoms with Gasteiger partial charge in [-0.15, -0.1) is 0 Å². The number of ether oxygens (including phenoxy) is 2. The quantitative estimate of drug-likeness (QED) is 0.440. The first-order valence-corrected chi connectivity index (χ1v) is 10.7. The van der Waals surface area contributed by atoms with Crippen LogP contribution in [-0.2, 0) is 6.54 Å². The second kappa shape index (κ2) is 10.1. The highest BCUT2D eigenvalue weighted by atomic mass is 16.5. The summed E-state index contributed by atoms with van der Waals surface area (Å²) in [5.41, 5.74) is 3.30. The summed E-state index contributed by atoms with van der Waals surface area (Å²) in [6.07, 6.45) is 4.75. The van der Waals surface area contributed by atoms with Gasteiger partial charge in [-0.1, -0.05) is 12.1 Å². The summed E-state index contributed by atoms with van der Waals surface area (Å²) in [5.74, 6) is 2.39. The van der Waals surface area contributed by atoms with Gasteiger partial charge in [0.1, 0.15) is 11.5 Å². The van der Waals surface area contributed by atoms with Crippen LogP contribution >= 0.6 is 0 Å². The summed E-state index contributed by atoms with van der Waals surface area (Å²) < 4.78 is 12.7. The van der Waals surface area contributed by atoms with Crippen LogP contribution in [0.4, 0.5) is 5.69 Å². The molecular weight excluding hydrogens is 404 g/mol. The summed E-state index contributed by atoms with van der Waals surface area (Å²) in [6, 6.07) is 16.5. The van der Waals surface area contributed by atoms with Crippen LogP contribution in [-0.4, -0.2) is 56.1 Å². The van der Waals surface area contributed by atoms with Crippen molar-refractivity contribution in [2.45, 2.75) is 19.0 Å². The summed E-state index contributed by atoms with van der Waals surface area (Å²) >= 11 is 0.